The first kappa shape index (κ1) is 46.9. The number of amides is 2. The van der Waals surface area contributed by atoms with Crippen LogP contribution in [0.3, 0.4) is 0 Å². The van der Waals surface area contributed by atoms with E-state index in [1.165, 1.54) is 18.2 Å². The Morgan fingerprint density at radius 2 is 1.67 bits per heavy atom. The molecule has 13 nitrogen and oxygen atoms in total. The van der Waals surface area contributed by atoms with Crippen LogP contribution in [-0.4, -0.2) is 85.5 Å². The summed E-state index contributed by atoms with van der Waals surface area (Å²) in [5, 5.41) is 16.8. The van der Waals surface area contributed by atoms with Crippen molar-refractivity contribution in [3.8, 4) is 5.75 Å². The lowest BCUT2D eigenvalue weighted by molar-refractivity contribution is -0.134. The van der Waals surface area contributed by atoms with E-state index in [2.05, 4.69) is 76.4 Å². The molecule has 2 amide bonds. The van der Waals surface area contributed by atoms with Crippen LogP contribution in [0.15, 0.2) is 53.1 Å². The summed E-state index contributed by atoms with van der Waals surface area (Å²) >= 11 is 3.56. The number of ether oxygens (including phenoxy) is 1. The van der Waals surface area contributed by atoms with E-state index in [9.17, 15) is 27.3 Å². The number of carbonyl (C=O) groups is 2. The molecule has 64 heavy (non-hydrogen) atoms. The summed E-state index contributed by atoms with van der Waals surface area (Å²) in [6, 6.07) is 12.0. The van der Waals surface area contributed by atoms with Crippen LogP contribution in [0.4, 0.5) is 42.0 Å². The maximum Gasteiger partial charge on any atom is 0.234 e. The second-order valence-electron chi connectivity index (χ2n) is 16.5. The number of nitrogens with one attached hydrogen (secondary N) is 5. The van der Waals surface area contributed by atoms with Crippen LogP contribution in [0.1, 0.15) is 67.8 Å². The van der Waals surface area contributed by atoms with Crippen molar-refractivity contribution >= 4 is 79.9 Å². The van der Waals surface area contributed by atoms with Crippen LogP contribution in [-0.2, 0) is 27.0 Å². The summed E-state index contributed by atoms with van der Waals surface area (Å²) in [5.74, 6) is -2.70. The van der Waals surface area contributed by atoms with Crippen molar-refractivity contribution in [1.82, 2.24) is 30.9 Å². The molecule has 1 atom stereocenters. The Morgan fingerprint density at radius 3 is 2.36 bits per heavy atom. The number of rotatable bonds is 17. The van der Waals surface area contributed by atoms with Gasteiger partial charge in [0.15, 0.2) is 0 Å². The van der Waals surface area contributed by atoms with Crippen LogP contribution in [0.25, 0.3) is 10.9 Å². The SMILES string of the molecule is CCOc1cc(N2CCC(NCCNCCc3cc(F)c([C@H]4CCC(=O)NC4=O)c(F)c3)CC2)c(CC)cc1Nc1ncc(Br)c(Nc2ccc3nc(C)c(F)cc3c2P(C)(C)=O)n1. The zero-order valence-corrected chi connectivity index (χ0v) is 39.1. The molecular weight excluding hydrogens is 910 g/mol. The van der Waals surface area contributed by atoms with E-state index < -0.39 is 42.3 Å². The Bertz CT molecular complexity index is 2580. The topological polar surface area (TPSA) is 162 Å². The van der Waals surface area contributed by atoms with Crippen LogP contribution in [0.2, 0.25) is 0 Å². The van der Waals surface area contributed by atoms with Gasteiger partial charge in [0.1, 0.15) is 36.2 Å². The number of benzene rings is 3. The zero-order valence-electron chi connectivity index (χ0n) is 36.6. The van der Waals surface area contributed by atoms with Gasteiger partial charge >= 0.3 is 0 Å². The Labute approximate surface area is 379 Å². The highest BCUT2D eigenvalue weighted by atomic mass is 79.9. The molecule has 2 saturated heterocycles. The Kier molecular flexibility index (Phi) is 14.9. The maximum atomic E-state index is 14.9. The lowest BCUT2D eigenvalue weighted by Crippen LogP contribution is -2.44. The summed E-state index contributed by atoms with van der Waals surface area (Å²) < 4.78 is 64.9. The maximum absolute atomic E-state index is 14.9. The molecule has 0 radical (unpaired) electrons. The third-order valence-corrected chi connectivity index (χ3v) is 13.8. The number of hydrogen-bond donors (Lipinski definition) is 5. The molecular formula is C46H54BrF3N9O4P. The molecule has 0 spiro atoms. The minimum atomic E-state index is -2.93. The molecule has 0 unspecified atom stereocenters. The molecule has 2 fully saturated rings. The number of nitrogens with zero attached hydrogens (tertiary/aromatic N) is 4. The number of hydrogen-bond acceptors (Lipinski definition) is 12. The Hall–Kier alpha value is -5.09. The van der Waals surface area contributed by atoms with Gasteiger partial charge in [-0.15, -0.1) is 0 Å². The minimum absolute atomic E-state index is 0.0505. The molecule has 0 aliphatic carbocycles. The normalized spacial score (nSPS) is 16.0. The molecule has 7 rings (SSSR count). The van der Waals surface area contributed by atoms with Gasteiger partial charge in [-0.1, -0.05) is 6.92 Å². The Morgan fingerprint density at radius 1 is 0.922 bits per heavy atom. The average Bonchev–Trinajstić information content (AvgIpc) is 3.24. The van der Waals surface area contributed by atoms with E-state index in [1.807, 2.05) is 6.92 Å². The fourth-order valence-corrected chi connectivity index (χ4v) is 10.2. The third-order valence-electron chi connectivity index (χ3n) is 11.6. The lowest BCUT2D eigenvalue weighted by atomic mass is 9.89. The standard InChI is InChI=1S/C46H54BrF3N9O4P/c1-6-28-22-38(56-46-53-25-32(47)44(58-46)55-37-10-9-36-31(43(37)64(4,5)62)23-33(48)26(3)54-36)40(63-7-2)24-39(28)59-18-13-29(14-19-59)52-17-16-51-15-12-27-20-34(49)42(35(50)21-27)30-8-11-41(60)57-45(30)61/h9-10,20-25,29-30,51-52H,6-8,11-19H2,1-5H3,(H,57,60,61)(H2,53,55,56,58)/t30-/m1/s1. The van der Waals surface area contributed by atoms with E-state index in [1.54, 1.807) is 38.6 Å². The highest BCUT2D eigenvalue weighted by Crippen LogP contribution is 2.43. The van der Waals surface area contributed by atoms with Crippen LogP contribution in [0.5, 0.6) is 5.75 Å². The first-order valence-corrected chi connectivity index (χ1v) is 25.0. The van der Waals surface area contributed by atoms with Gasteiger partial charge in [0, 0.05) is 72.8 Å². The van der Waals surface area contributed by atoms with Crippen molar-refractivity contribution in [2.75, 3.05) is 68.2 Å². The van der Waals surface area contributed by atoms with Crippen LogP contribution in [0, 0.1) is 24.4 Å². The summed E-state index contributed by atoms with van der Waals surface area (Å²) in [6.07, 6.45) is 4.87. The predicted molar refractivity (Wildman–Crippen MR) is 250 cm³/mol. The highest BCUT2D eigenvalue weighted by molar-refractivity contribution is 9.10. The fourth-order valence-electron chi connectivity index (χ4n) is 8.44. The van der Waals surface area contributed by atoms with E-state index in [0.29, 0.717) is 87.3 Å². The number of aryl methyl sites for hydroxylation is 2. The second-order valence-corrected chi connectivity index (χ2v) is 20.5. The largest absolute Gasteiger partial charge is 0.492 e. The van der Waals surface area contributed by atoms with Crippen molar-refractivity contribution in [2.24, 2.45) is 0 Å². The fraction of sp³-hybridized carbons (Fsp3) is 0.413. The molecule has 2 aliphatic rings. The summed E-state index contributed by atoms with van der Waals surface area (Å²) in [5.41, 5.74) is 4.54. The Balaban J connectivity index is 0.942. The molecule has 18 heteroatoms. The van der Waals surface area contributed by atoms with Gasteiger partial charge in [-0.2, -0.15) is 4.98 Å². The van der Waals surface area contributed by atoms with Gasteiger partial charge < -0.3 is 35.5 Å². The number of aromatic nitrogens is 3. The number of imide groups is 1. The first-order valence-electron chi connectivity index (χ1n) is 21.7. The molecule has 2 aliphatic heterocycles. The molecule has 5 N–H and O–H groups in total. The number of pyridine rings is 1. The van der Waals surface area contributed by atoms with E-state index in [-0.39, 0.29) is 24.1 Å². The van der Waals surface area contributed by atoms with Crippen molar-refractivity contribution in [3.05, 3.63) is 93.0 Å². The first-order chi connectivity index (χ1) is 30.6. The van der Waals surface area contributed by atoms with Gasteiger partial charge in [-0.3, -0.25) is 19.9 Å². The number of anilines is 5. The van der Waals surface area contributed by atoms with E-state index >= 15 is 0 Å². The second kappa shape index (κ2) is 20.4. The molecule has 4 heterocycles. The molecule has 3 aromatic carbocycles. The molecule has 0 saturated carbocycles. The monoisotopic (exact) mass is 963 g/mol. The van der Waals surface area contributed by atoms with Gasteiger partial charge in [0.05, 0.1) is 39.6 Å². The molecule has 340 valence electrons. The predicted octanol–water partition coefficient (Wildman–Crippen LogP) is 8.12. The van der Waals surface area contributed by atoms with E-state index in [4.69, 9.17) is 9.72 Å². The number of fused-ring (bicyclic) bond motifs is 1. The summed E-state index contributed by atoms with van der Waals surface area (Å²) in [7, 11) is -2.93. The summed E-state index contributed by atoms with van der Waals surface area (Å²) in [6.45, 7) is 13.1. The van der Waals surface area contributed by atoms with Crippen molar-refractivity contribution in [3.63, 3.8) is 0 Å². The molecule has 0 bridgehead atoms. The number of carbonyl (C=O) groups excluding carboxylic acids is 2. The number of piperidine rings is 2. The average molecular weight is 965 g/mol. The minimum Gasteiger partial charge on any atom is -0.492 e. The summed E-state index contributed by atoms with van der Waals surface area (Å²) in [4.78, 5) is 39.7. The van der Waals surface area contributed by atoms with Crippen LogP contribution >= 0.6 is 23.1 Å². The molecule has 5 aromatic rings. The lowest BCUT2D eigenvalue weighted by Gasteiger charge is -2.35. The van der Waals surface area contributed by atoms with Gasteiger partial charge in [-0.05, 0) is 129 Å². The number of halogens is 4. The highest BCUT2D eigenvalue weighted by Gasteiger charge is 2.33. The zero-order chi connectivity index (χ0) is 45.7. The van der Waals surface area contributed by atoms with Crippen molar-refractivity contribution in [1.29, 1.82) is 0 Å². The quantitative estimate of drug-likeness (QED) is 0.0346. The van der Waals surface area contributed by atoms with Gasteiger partial charge in [0.2, 0.25) is 17.8 Å². The van der Waals surface area contributed by atoms with Gasteiger partial charge in [-0.25, -0.2) is 18.2 Å². The smallest absolute Gasteiger partial charge is 0.234 e. The van der Waals surface area contributed by atoms with E-state index in [0.717, 1.165) is 50.1 Å². The van der Waals surface area contributed by atoms with Crippen molar-refractivity contribution in [2.45, 2.75) is 71.3 Å². The van der Waals surface area contributed by atoms with Crippen molar-refractivity contribution < 1.29 is 32.1 Å². The third kappa shape index (κ3) is 10.9. The van der Waals surface area contributed by atoms with Gasteiger partial charge in [0.25, 0.3) is 0 Å². The molecule has 2 aromatic heterocycles. The van der Waals surface area contributed by atoms with Crippen LogP contribution < -0.4 is 41.5 Å².